The smallest absolute Gasteiger partial charge is 0.263 e. The highest BCUT2D eigenvalue weighted by atomic mass is 32.2. The van der Waals surface area contributed by atoms with Gasteiger partial charge in [0.25, 0.3) is 5.91 Å². The first-order valence-electron chi connectivity index (χ1n) is 12.1. The van der Waals surface area contributed by atoms with Crippen LogP contribution in [0.15, 0.2) is 95.9 Å². The van der Waals surface area contributed by atoms with E-state index < -0.39 is 5.25 Å². The molecule has 0 saturated heterocycles. The van der Waals surface area contributed by atoms with Crippen molar-refractivity contribution in [3.63, 3.8) is 0 Å². The first-order chi connectivity index (χ1) is 18.4. The lowest BCUT2D eigenvalue weighted by Crippen LogP contribution is -2.19. The fourth-order valence-electron chi connectivity index (χ4n) is 4.07. The Labute approximate surface area is 227 Å². The summed E-state index contributed by atoms with van der Waals surface area (Å²) < 4.78 is 10.7. The van der Waals surface area contributed by atoms with E-state index in [4.69, 9.17) is 9.47 Å². The van der Waals surface area contributed by atoms with Crippen molar-refractivity contribution < 1.29 is 19.1 Å². The van der Waals surface area contributed by atoms with E-state index in [1.807, 2.05) is 86.6 Å². The Kier molecular flexibility index (Phi) is 8.71. The molecule has 2 N–H and O–H groups in total. The molecule has 6 nitrogen and oxygen atoms in total. The van der Waals surface area contributed by atoms with Crippen LogP contribution in [0, 0.1) is 13.8 Å². The van der Waals surface area contributed by atoms with E-state index in [0.29, 0.717) is 22.7 Å². The SMILES string of the molecule is COc1cccc(OC)c1C(=O)Nc1ccc(SC(C(=O)Nc2ccc(C)cc2C)c2ccccc2)cc1. The van der Waals surface area contributed by atoms with E-state index in [1.54, 1.807) is 18.2 Å². The van der Waals surface area contributed by atoms with Gasteiger partial charge in [-0.3, -0.25) is 9.59 Å². The molecule has 7 heteroatoms. The topological polar surface area (TPSA) is 76.7 Å². The molecule has 0 bridgehead atoms. The summed E-state index contributed by atoms with van der Waals surface area (Å²) in [5, 5.41) is 5.53. The van der Waals surface area contributed by atoms with Gasteiger partial charge in [0.1, 0.15) is 22.3 Å². The third-order valence-corrected chi connectivity index (χ3v) is 7.27. The average Bonchev–Trinajstić information content (AvgIpc) is 2.93. The van der Waals surface area contributed by atoms with Gasteiger partial charge in [0.05, 0.1) is 14.2 Å². The van der Waals surface area contributed by atoms with Gasteiger partial charge in [0, 0.05) is 16.3 Å². The van der Waals surface area contributed by atoms with E-state index in [0.717, 1.165) is 27.3 Å². The summed E-state index contributed by atoms with van der Waals surface area (Å²) in [6, 6.07) is 28.3. The number of hydrogen-bond donors (Lipinski definition) is 2. The van der Waals surface area contributed by atoms with Gasteiger partial charge in [-0.25, -0.2) is 0 Å². The maximum Gasteiger partial charge on any atom is 0.263 e. The molecule has 4 aromatic rings. The normalized spacial score (nSPS) is 11.4. The van der Waals surface area contributed by atoms with Crippen LogP contribution in [-0.4, -0.2) is 26.0 Å². The van der Waals surface area contributed by atoms with Gasteiger partial charge in [-0.05, 0) is 67.4 Å². The van der Waals surface area contributed by atoms with Crippen LogP contribution in [0.4, 0.5) is 11.4 Å². The number of methoxy groups -OCH3 is 2. The van der Waals surface area contributed by atoms with Crippen molar-refractivity contribution in [1.29, 1.82) is 0 Å². The minimum Gasteiger partial charge on any atom is -0.496 e. The molecule has 1 unspecified atom stereocenters. The Morgan fingerprint density at radius 1 is 0.763 bits per heavy atom. The van der Waals surface area contributed by atoms with Crippen molar-refractivity contribution in [2.24, 2.45) is 0 Å². The van der Waals surface area contributed by atoms with E-state index in [-0.39, 0.29) is 11.8 Å². The van der Waals surface area contributed by atoms with Gasteiger partial charge in [0.15, 0.2) is 0 Å². The lowest BCUT2D eigenvalue weighted by Gasteiger charge is -2.18. The zero-order chi connectivity index (χ0) is 27.1. The minimum atomic E-state index is -0.463. The molecule has 0 spiro atoms. The number of ether oxygens (including phenoxy) is 2. The molecule has 194 valence electrons. The average molecular weight is 527 g/mol. The van der Waals surface area contributed by atoms with Crippen LogP contribution in [0.25, 0.3) is 0 Å². The molecule has 0 aromatic heterocycles. The third kappa shape index (κ3) is 6.36. The summed E-state index contributed by atoms with van der Waals surface area (Å²) in [6.45, 7) is 4.01. The molecule has 0 aliphatic heterocycles. The van der Waals surface area contributed by atoms with Gasteiger partial charge in [-0.1, -0.05) is 54.1 Å². The Morgan fingerprint density at radius 2 is 1.42 bits per heavy atom. The highest BCUT2D eigenvalue weighted by Gasteiger charge is 2.23. The number of anilines is 2. The van der Waals surface area contributed by atoms with E-state index in [2.05, 4.69) is 10.6 Å². The summed E-state index contributed by atoms with van der Waals surface area (Å²) in [6.07, 6.45) is 0. The summed E-state index contributed by atoms with van der Waals surface area (Å²) in [5.74, 6) is 0.410. The molecule has 0 saturated carbocycles. The maximum absolute atomic E-state index is 13.4. The Hall–Kier alpha value is -4.23. The van der Waals surface area contributed by atoms with Gasteiger partial charge in [-0.2, -0.15) is 0 Å². The minimum absolute atomic E-state index is 0.103. The standard InChI is InChI=1S/C31H30N2O4S/c1-20-13-18-25(21(2)19-20)33-31(35)29(22-9-6-5-7-10-22)38-24-16-14-23(15-17-24)32-30(34)28-26(36-3)11-8-12-27(28)37-4/h5-19,29H,1-4H3,(H,32,34)(H,33,35). The van der Waals surface area contributed by atoms with Gasteiger partial charge >= 0.3 is 0 Å². The Morgan fingerprint density at radius 3 is 2.03 bits per heavy atom. The molecule has 2 amide bonds. The van der Waals surface area contributed by atoms with E-state index >= 15 is 0 Å². The summed E-state index contributed by atoms with van der Waals surface area (Å²) >= 11 is 1.45. The molecule has 4 aromatic carbocycles. The fourth-order valence-corrected chi connectivity index (χ4v) is 5.10. The van der Waals surface area contributed by atoms with Crippen molar-refractivity contribution in [3.8, 4) is 11.5 Å². The van der Waals surface area contributed by atoms with Crippen LogP contribution >= 0.6 is 11.8 Å². The van der Waals surface area contributed by atoms with Gasteiger partial charge < -0.3 is 20.1 Å². The quantitative estimate of drug-likeness (QED) is 0.229. The number of nitrogens with one attached hydrogen (secondary N) is 2. The Balaban J connectivity index is 1.52. The highest BCUT2D eigenvalue weighted by Crippen LogP contribution is 2.37. The predicted octanol–water partition coefficient (Wildman–Crippen LogP) is 7.05. The Bertz CT molecular complexity index is 1400. The molecular weight excluding hydrogens is 496 g/mol. The van der Waals surface area contributed by atoms with Crippen molar-refractivity contribution in [3.05, 3.63) is 113 Å². The number of aryl methyl sites for hydroxylation is 2. The van der Waals surface area contributed by atoms with E-state index in [9.17, 15) is 9.59 Å². The second kappa shape index (κ2) is 12.3. The summed E-state index contributed by atoms with van der Waals surface area (Å²) in [7, 11) is 3.02. The fraction of sp³-hybridized carbons (Fsp3) is 0.161. The maximum atomic E-state index is 13.4. The van der Waals surface area contributed by atoms with Crippen LogP contribution < -0.4 is 20.1 Å². The van der Waals surface area contributed by atoms with Crippen molar-refractivity contribution in [2.75, 3.05) is 24.9 Å². The monoisotopic (exact) mass is 526 g/mol. The van der Waals surface area contributed by atoms with Gasteiger partial charge in [-0.15, -0.1) is 11.8 Å². The van der Waals surface area contributed by atoms with Crippen LogP contribution in [0.1, 0.15) is 32.3 Å². The van der Waals surface area contributed by atoms with Crippen LogP contribution in [-0.2, 0) is 4.79 Å². The van der Waals surface area contributed by atoms with Crippen molar-refractivity contribution in [1.82, 2.24) is 0 Å². The highest BCUT2D eigenvalue weighted by molar-refractivity contribution is 8.00. The largest absolute Gasteiger partial charge is 0.496 e. The molecule has 0 heterocycles. The zero-order valence-corrected chi connectivity index (χ0v) is 22.6. The van der Waals surface area contributed by atoms with Crippen LogP contribution in [0.3, 0.4) is 0 Å². The molecule has 0 radical (unpaired) electrons. The molecule has 4 rings (SSSR count). The van der Waals surface area contributed by atoms with Crippen molar-refractivity contribution in [2.45, 2.75) is 24.0 Å². The van der Waals surface area contributed by atoms with Crippen LogP contribution in [0.5, 0.6) is 11.5 Å². The predicted molar refractivity (Wildman–Crippen MR) is 154 cm³/mol. The van der Waals surface area contributed by atoms with E-state index in [1.165, 1.54) is 26.0 Å². The van der Waals surface area contributed by atoms with Crippen LogP contribution in [0.2, 0.25) is 0 Å². The molecule has 0 aliphatic rings. The third-order valence-electron chi connectivity index (χ3n) is 6.00. The summed E-state index contributed by atoms with van der Waals surface area (Å²) in [4.78, 5) is 27.3. The molecule has 38 heavy (non-hydrogen) atoms. The number of benzene rings is 4. The summed E-state index contributed by atoms with van der Waals surface area (Å²) in [5.41, 5.74) is 4.80. The number of amides is 2. The first-order valence-corrected chi connectivity index (χ1v) is 13.0. The number of hydrogen-bond acceptors (Lipinski definition) is 5. The molecular formula is C31H30N2O4S. The first kappa shape index (κ1) is 26.8. The molecule has 0 fully saturated rings. The van der Waals surface area contributed by atoms with Gasteiger partial charge in [0.2, 0.25) is 5.91 Å². The lowest BCUT2D eigenvalue weighted by molar-refractivity contribution is -0.115. The lowest BCUT2D eigenvalue weighted by atomic mass is 10.1. The number of carbonyl (C=O) groups is 2. The number of carbonyl (C=O) groups excluding carboxylic acids is 2. The number of thioether (sulfide) groups is 1. The second-order valence-corrected chi connectivity index (χ2v) is 9.91. The molecule has 1 atom stereocenters. The zero-order valence-electron chi connectivity index (χ0n) is 21.8. The molecule has 0 aliphatic carbocycles. The second-order valence-electron chi connectivity index (χ2n) is 8.73. The number of rotatable bonds is 9. The van der Waals surface area contributed by atoms with Crippen molar-refractivity contribution >= 4 is 35.0 Å².